The van der Waals surface area contributed by atoms with E-state index in [0.29, 0.717) is 18.2 Å². The minimum atomic E-state index is 0.0934. The summed E-state index contributed by atoms with van der Waals surface area (Å²) < 4.78 is 7.51. The van der Waals surface area contributed by atoms with Crippen LogP contribution in [0.4, 0.5) is 0 Å². The van der Waals surface area contributed by atoms with Crippen LogP contribution in [0.15, 0.2) is 42.6 Å². The fourth-order valence-electron chi connectivity index (χ4n) is 3.04. The summed E-state index contributed by atoms with van der Waals surface area (Å²) in [5.41, 5.74) is 0.689. The summed E-state index contributed by atoms with van der Waals surface area (Å²) in [6.45, 7) is 5.05. The Bertz CT molecular complexity index is 639. The van der Waals surface area contributed by atoms with Crippen molar-refractivity contribution in [3.8, 4) is 5.75 Å². The molecule has 1 fully saturated rings. The average Bonchev–Trinajstić information content (AvgIpc) is 3.24. The number of ether oxygens (including phenoxy) is 1. The van der Waals surface area contributed by atoms with Crippen molar-refractivity contribution >= 4 is 5.91 Å². The highest BCUT2D eigenvalue weighted by atomic mass is 16.5. The van der Waals surface area contributed by atoms with E-state index in [1.807, 2.05) is 42.2 Å². The molecule has 2 heterocycles. The highest BCUT2D eigenvalue weighted by Gasteiger charge is 2.28. The Morgan fingerprint density at radius 3 is 2.91 bits per heavy atom. The Kier molecular flexibility index (Phi) is 4.95. The quantitative estimate of drug-likeness (QED) is 0.824. The second-order valence-electron chi connectivity index (χ2n) is 5.89. The molecule has 1 unspecified atom stereocenters. The molecule has 122 valence electrons. The van der Waals surface area contributed by atoms with Gasteiger partial charge in [0.1, 0.15) is 11.4 Å². The number of aryl methyl sites for hydroxylation is 1. The van der Waals surface area contributed by atoms with Gasteiger partial charge in [0.25, 0.3) is 5.91 Å². The Morgan fingerprint density at radius 1 is 1.30 bits per heavy atom. The lowest BCUT2D eigenvalue weighted by Gasteiger charge is -2.17. The average molecular weight is 313 g/mol. The topological polar surface area (TPSA) is 47.4 Å². The van der Waals surface area contributed by atoms with Crippen LogP contribution in [0.3, 0.4) is 0 Å². The highest BCUT2D eigenvalue weighted by molar-refractivity contribution is 5.92. The van der Waals surface area contributed by atoms with E-state index in [2.05, 4.69) is 5.10 Å². The van der Waals surface area contributed by atoms with Gasteiger partial charge in [0.15, 0.2) is 0 Å². The number of amides is 1. The molecule has 5 nitrogen and oxygen atoms in total. The molecule has 0 spiro atoms. The molecule has 1 atom stereocenters. The predicted molar refractivity (Wildman–Crippen MR) is 88.5 cm³/mol. The Morgan fingerprint density at radius 2 is 2.13 bits per heavy atom. The summed E-state index contributed by atoms with van der Waals surface area (Å²) in [6.07, 6.45) is 3.72. The number of rotatable bonds is 6. The lowest BCUT2D eigenvalue weighted by molar-refractivity contribution is 0.0773. The van der Waals surface area contributed by atoms with Gasteiger partial charge >= 0.3 is 0 Å². The second kappa shape index (κ2) is 7.31. The fraction of sp³-hybridized carbons (Fsp3) is 0.444. The largest absolute Gasteiger partial charge is 0.494 e. The Labute approximate surface area is 136 Å². The molecular formula is C18H23N3O2. The lowest BCUT2D eigenvalue weighted by atomic mass is 10.1. The maximum absolute atomic E-state index is 12.6. The fourth-order valence-corrected chi connectivity index (χ4v) is 3.04. The zero-order valence-corrected chi connectivity index (χ0v) is 13.5. The maximum atomic E-state index is 12.6. The van der Waals surface area contributed by atoms with Crippen LogP contribution in [0.25, 0.3) is 0 Å². The number of likely N-dealkylation sites (tertiary alicyclic amines) is 1. The smallest absolute Gasteiger partial charge is 0.272 e. The molecule has 0 saturated carbocycles. The van der Waals surface area contributed by atoms with Gasteiger partial charge in [-0.3, -0.25) is 9.48 Å². The molecule has 0 N–H and O–H groups in total. The number of benzene rings is 1. The van der Waals surface area contributed by atoms with Crippen molar-refractivity contribution in [3.63, 3.8) is 0 Å². The third-order valence-corrected chi connectivity index (χ3v) is 4.35. The van der Waals surface area contributed by atoms with Gasteiger partial charge in [-0.25, -0.2) is 0 Å². The molecule has 1 saturated heterocycles. The molecule has 23 heavy (non-hydrogen) atoms. The summed E-state index contributed by atoms with van der Waals surface area (Å²) in [6, 6.07) is 11.7. The Hall–Kier alpha value is -2.30. The maximum Gasteiger partial charge on any atom is 0.272 e. The molecule has 0 aliphatic carbocycles. The third kappa shape index (κ3) is 3.73. The molecule has 5 heteroatoms. The molecule has 0 radical (unpaired) electrons. The SMILES string of the molecule is CCn1nccc1C(=O)N1CCC(CCOc2ccccc2)C1. The first-order valence-corrected chi connectivity index (χ1v) is 8.27. The van der Waals surface area contributed by atoms with E-state index in [0.717, 1.165) is 38.2 Å². The van der Waals surface area contributed by atoms with Crippen LogP contribution in [-0.4, -0.2) is 40.3 Å². The van der Waals surface area contributed by atoms with Gasteiger partial charge in [-0.05, 0) is 43.9 Å². The van der Waals surface area contributed by atoms with Crippen molar-refractivity contribution in [3.05, 3.63) is 48.3 Å². The third-order valence-electron chi connectivity index (χ3n) is 4.35. The van der Waals surface area contributed by atoms with Crippen molar-refractivity contribution in [2.45, 2.75) is 26.3 Å². The van der Waals surface area contributed by atoms with Crippen molar-refractivity contribution < 1.29 is 9.53 Å². The van der Waals surface area contributed by atoms with E-state index in [-0.39, 0.29) is 5.91 Å². The van der Waals surface area contributed by atoms with Gasteiger partial charge in [0.05, 0.1) is 6.61 Å². The van der Waals surface area contributed by atoms with Crippen LogP contribution in [0.1, 0.15) is 30.3 Å². The van der Waals surface area contributed by atoms with Crippen LogP contribution < -0.4 is 4.74 Å². The number of carbonyl (C=O) groups excluding carboxylic acids is 1. The van der Waals surface area contributed by atoms with Crippen molar-refractivity contribution in [1.29, 1.82) is 0 Å². The summed E-state index contributed by atoms with van der Waals surface area (Å²) in [5, 5.41) is 4.18. The van der Waals surface area contributed by atoms with Gasteiger partial charge in [-0.2, -0.15) is 5.10 Å². The molecule has 1 amide bonds. The van der Waals surface area contributed by atoms with Crippen molar-refractivity contribution in [2.24, 2.45) is 5.92 Å². The predicted octanol–water partition coefficient (Wildman–Crippen LogP) is 2.83. The summed E-state index contributed by atoms with van der Waals surface area (Å²) in [5.74, 6) is 1.52. The monoisotopic (exact) mass is 313 g/mol. The Balaban J connectivity index is 1.48. The molecule has 1 aliphatic rings. The van der Waals surface area contributed by atoms with Crippen LogP contribution in [-0.2, 0) is 6.54 Å². The van der Waals surface area contributed by atoms with Crippen molar-refractivity contribution in [2.75, 3.05) is 19.7 Å². The van der Waals surface area contributed by atoms with Gasteiger partial charge in [0.2, 0.25) is 0 Å². The van der Waals surface area contributed by atoms with E-state index in [1.54, 1.807) is 16.9 Å². The van der Waals surface area contributed by atoms with Crippen LogP contribution in [0.5, 0.6) is 5.75 Å². The van der Waals surface area contributed by atoms with Gasteiger partial charge in [-0.15, -0.1) is 0 Å². The zero-order valence-electron chi connectivity index (χ0n) is 13.5. The van der Waals surface area contributed by atoms with E-state index in [9.17, 15) is 4.79 Å². The minimum absolute atomic E-state index is 0.0934. The first kappa shape index (κ1) is 15.6. The van der Waals surface area contributed by atoms with E-state index < -0.39 is 0 Å². The number of carbonyl (C=O) groups is 1. The summed E-state index contributed by atoms with van der Waals surface area (Å²) >= 11 is 0. The summed E-state index contributed by atoms with van der Waals surface area (Å²) in [4.78, 5) is 14.5. The second-order valence-corrected chi connectivity index (χ2v) is 5.89. The minimum Gasteiger partial charge on any atom is -0.494 e. The molecule has 1 aliphatic heterocycles. The van der Waals surface area contributed by atoms with E-state index in [1.165, 1.54) is 0 Å². The summed E-state index contributed by atoms with van der Waals surface area (Å²) in [7, 11) is 0. The van der Waals surface area contributed by atoms with Crippen LogP contribution in [0, 0.1) is 5.92 Å². The van der Waals surface area contributed by atoms with Gasteiger partial charge in [-0.1, -0.05) is 18.2 Å². The number of aromatic nitrogens is 2. The molecule has 3 rings (SSSR count). The molecule has 1 aromatic carbocycles. The lowest BCUT2D eigenvalue weighted by Crippen LogP contribution is -2.30. The number of hydrogen-bond acceptors (Lipinski definition) is 3. The molecule has 0 bridgehead atoms. The normalized spacial score (nSPS) is 17.4. The first-order chi connectivity index (χ1) is 11.3. The van der Waals surface area contributed by atoms with Gasteiger partial charge in [0, 0.05) is 25.8 Å². The van der Waals surface area contributed by atoms with E-state index in [4.69, 9.17) is 4.74 Å². The van der Waals surface area contributed by atoms with Crippen LogP contribution in [0.2, 0.25) is 0 Å². The first-order valence-electron chi connectivity index (χ1n) is 8.27. The molecule has 1 aromatic heterocycles. The number of hydrogen-bond donors (Lipinski definition) is 0. The van der Waals surface area contributed by atoms with Crippen LogP contribution >= 0.6 is 0 Å². The number of para-hydroxylation sites is 1. The standard InChI is InChI=1S/C18H23N3O2/c1-2-21-17(8-11-19-21)18(22)20-12-9-15(14-20)10-13-23-16-6-4-3-5-7-16/h3-8,11,15H,2,9-10,12-14H2,1H3. The highest BCUT2D eigenvalue weighted by Crippen LogP contribution is 2.22. The van der Waals surface area contributed by atoms with Crippen molar-refractivity contribution in [1.82, 2.24) is 14.7 Å². The van der Waals surface area contributed by atoms with Gasteiger partial charge < -0.3 is 9.64 Å². The molecular weight excluding hydrogens is 290 g/mol. The zero-order chi connectivity index (χ0) is 16.1. The van der Waals surface area contributed by atoms with E-state index >= 15 is 0 Å². The number of nitrogens with zero attached hydrogens (tertiary/aromatic N) is 3. The molecule has 2 aromatic rings.